The van der Waals surface area contributed by atoms with Crippen molar-refractivity contribution in [2.24, 2.45) is 10.8 Å². The van der Waals surface area contributed by atoms with E-state index in [2.05, 4.69) is 22.7 Å². The summed E-state index contributed by atoms with van der Waals surface area (Å²) >= 11 is 4.55. The van der Waals surface area contributed by atoms with Gasteiger partial charge >= 0.3 is 0 Å². The van der Waals surface area contributed by atoms with E-state index in [0.717, 1.165) is 0 Å². The molecule has 0 aliphatic carbocycles. The first-order valence-corrected chi connectivity index (χ1v) is 4.99. The molecule has 0 radical (unpaired) electrons. The molecule has 1 aromatic rings. The molecule has 0 aliphatic rings. The van der Waals surface area contributed by atoms with Crippen LogP contribution < -0.4 is 20.6 Å². The second kappa shape index (κ2) is 6.00. The summed E-state index contributed by atoms with van der Waals surface area (Å²) in [6.45, 7) is 0. The van der Waals surface area contributed by atoms with Crippen molar-refractivity contribution in [3.05, 3.63) is 23.5 Å². The second-order valence-corrected chi connectivity index (χ2v) is 3.40. The highest BCUT2D eigenvalue weighted by Gasteiger charge is 2.09. The number of hydrogen-bond donors (Lipinski definition) is 2. The molecule has 0 atom stereocenters. The van der Waals surface area contributed by atoms with Crippen LogP contribution in [0.25, 0.3) is 0 Å². The maximum atomic E-state index is 13.6. The molecule has 0 aromatic heterocycles. The summed E-state index contributed by atoms with van der Waals surface area (Å²) in [5.74, 6) is 0.228. The monoisotopic (exact) mass is 257 g/mol. The van der Waals surface area contributed by atoms with Crippen LogP contribution in [0.4, 0.5) is 4.39 Å². The lowest BCUT2D eigenvalue weighted by Gasteiger charge is -2.08. The van der Waals surface area contributed by atoms with Crippen LogP contribution >= 0.6 is 12.2 Å². The summed E-state index contributed by atoms with van der Waals surface area (Å²) < 4.78 is 23.5. The molecule has 5 nitrogen and oxygen atoms in total. The Morgan fingerprint density at radius 1 is 1.41 bits per heavy atom. The number of halogens is 1. The van der Waals surface area contributed by atoms with Crippen molar-refractivity contribution in [1.29, 1.82) is 0 Å². The van der Waals surface area contributed by atoms with E-state index in [9.17, 15) is 4.39 Å². The third kappa shape index (κ3) is 3.56. The van der Waals surface area contributed by atoms with Crippen LogP contribution in [0, 0.1) is 5.82 Å². The van der Waals surface area contributed by atoms with Gasteiger partial charge in [0.25, 0.3) is 0 Å². The number of hydrazone groups is 1. The van der Waals surface area contributed by atoms with E-state index in [4.69, 9.17) is 15.2 Å². The van der Waals surface area contributed by atoms with Gasteiger partial charge in [0, 0.05) is 11.6 Å². The van der Waals surface area contributed by atoms with E-state index >= 15 is 0 Å². The van der Waals surface area contributed by atoms with Crippen LogP contribution in [-0.4, -0.2) is 25.5 Å². The number of methoxy groups -OCH3 is 2. The van der Waals surface area contributed by atoms with Crippen molar-refractivity contribution in [1.82, 2.24) is 5.43 Å². The Labute approximate surface area is 103 Å². The van der Waals surface area contributed by atoms with Crippen LogP contribution in [0.2, 0.25) is 0 Å². The largest absolute Gasteiger partial charge is 0.493 e. The summed E-state index contributed by atoms with van der Waals surface area (Å²) in [6.07, 6.45) is 1.25. The number of rotatable bonds is 4. The molecule has 92 valence electrons. The van der Waals surface area contributed by atoms with Gasteiger partial charge in [-0.1, -0.05) is 0 Å². The highest BCUT2D eigenvalue weighted by Crippen LogP contribution is 2.28. The standard InChI is InChI=1S/C10H12FN3O2S/c1-15-8-3-6(5-13-14-10(12)17)7(11)4-9(8)16-2/h3-5H,1-2H3,(H3,12,14,17). The van der Waals surface area contributed by atoms with Crippen LogP contribution in [0.3, 0.4) is 0 Å². The molecule has 7 heteroatoms. The van der Waals surface area contributed by atoms with E-state index in [1.165, 1.54) is 32.6 Å². The zero-order chi connectivity index (χ0) is 12.8. The third-order valence-electron chi connectivity index (χ3n) is 1.88. The molecule has 3 N–H and O–H groups in total. The summed E-state index contributed by atoms with van der Waals surface area (Å²) in [4.78, 5) is 0. The molecular weight excluding hydrogens is 245 g/mol. The average Bonchev–Trinajstić information content (AvgIpc) is 2.30. The lowest BCUT2D eigenvalue weighted by molar-refractivity contribution is 0.352. The molecule has 0 heterocycles. The first kappa shape index (κ1) is 13.2. The first-order chi connectivity index (χ1) is 8.08. The molecule has 0 spiro atoms. The molecule has 0 saturated heterocycles. The number of ether oxygens (including phenoxy) is 2. The molecule has 1 rings (SSSR count). The maximum Gasteiger partial charge on any atom is 0.184 e. The molecule has 1 aromatic carbocycles. The number of nitrogens with one attached hydrogen (secondary N) is 1. The van der Waals surface area contributed by atoms with Gasteiger partial charge in [-0.15, -0.1) is 0 Å². The van der Waals surface area contributed by atoms with Gasteiger partial charge in [0.1, 0.15) is 5.82 Å². The predicted octanol–water partition coefficient (Wildman–Crippen LogP) is 1.01. The Morgan fingerprint density at radius 3 is 2.53 bits per heavy atom. The van der Waals surface area contributed by atoms with Crippen LogP contribution in [-0.2, 0) is 0 Å². The fourth-order valence-electron chi connectivity index (χ4n) is 1.13. The van der Waals surface area contributed by atoms with Gasteiger partial charge in [-0.3, -0.25) is 5.43 Å². The van der Waals surface area contributed by atoms with E-state index in [1.807, 2.05) is 0 Å². The van der Waals surface area contributed by atoms with Crippen molar-refractivity contribution >= 4 is 23.5 Å². The lowest BCUT2D eigenvalue weighted by atomic mass is 10.2. The van der Waals surface area contributed by atoms with E-state index in [1.54, 1.807) is 0 Å². The summed E-state index contributed by atoms with van der Waals surface area (Å²) in [6, 6.07) is 2.67. The molecule has 0 fully saturated rings. The van der Waals surface area contributed by atoms with Gasteiger partial charge in [-0.05, 0) is 18.3 Å². The average molecular weight is 257 g/mol. The highest BCUT2D eigenvalue weighted by atomic mass is 32.1. The number of thiocarbonyl (C=S) groups is 1. The van der Waals surface area contributed by atoms with E-state index < -0.39 is 5.82 Å². The minimum atomic E-state index is -0.490. The van der Waals surface area contributed by atoms with Gasteiger partial charge in [-0.25, -0.2) is 4.39 Å². The Morgan fingerprint density at radius 2 is 2.00 bits per heavy atom. The third-order valence-corrected chi connectivity index (χ3v) is 1.97. The number of nitrogens with zero attached hydrogens (tertiary/aromatic N) is 1. The summed E-state index contributed by atoms with van der Waals surface area (Å²) in [5.41, 5.74) is 7.72. The number of nitrogens with two attached hydrogens (primary N) is 1. The van der Waals surface area contributed by atoms with Crippen LogP contribution in [0.1, 0.15) is 5.56 Å². The van der Waals surface area contributed by atoms with Crippen molar-refractivity contribution in [3.63, 3.8) is 0 Å². The summed E-state index contributed by atoms with van der Waals surface area (Å²) in [5, 5.41) is 3.66. The molecular formula is C10H12FN3O2S. The fraction of sp³-hybridized carbons (Fsp3) is 0.200. The SMILES string of the molecule is COc1cc(F)c(C=NNC(N)=S)cc1OC. The Bertz CT molecular complexity index is 451. The Balaban J connectivity index is 3.00. The van der Waals surface area contributed by atoms with E-state index in [-0.39, 0.29) is 10.7 Å². The minimum absolute atomic E-state index is 0.00198. The van der Waals surface area contributed by atoms with Crippen molar-refractivity contribution in [2.75, 3.05) is 14.2 Å². The van der Waals surface area contributed by atoms with E-state index in [0.29, 0.717) is 11.5 Å². The Kier molecular flexibility index (Phi) is 4.65. The van der Waals surface area contributed by atoms with Gasteiger partial charge in [-0.2, -0.15) is 5.10 Å². The number of hydrogen-bond acceptors (Lipinski definition) is 4. The molecule has 0 amide bonds. The predicted molar refractivity (Wildman–Crippen MR) is 67.0 cm³/mol. The maximum absolute atomic E-state index is 13.6. The second-order valence-electron chi connectivity index (χ2n) is 2.96. The molecule has 17 heavy (non-hydrogen) atoms. The molecule has 0 unspecified atom stereocenters. The van der Waals surface area contributed by atoms with Crippen LogP contribution in [0.15, 0.2) is 17.2 Å². The van der Waals surface area contributed by atoms with Crippen molar-refractivity contribution in [3.8, 4) is 11.5 Å². The molecule has 0 bridgehead atoms. The summed E-state index contributed by atoms with van der Waals surface area (Å²) in [7, 11) is 2.89. The van der Waals surface area contributed by atoms with Crippen molar-refractivity contribution in [2.45, 2.75) is 0 Å². The number of benzene rings is 1. The topological polar surface area (TPSA) is 68.9 Å². The fourth-order valence-corrected chi connectivity index (χ4v) is 1.19. The molecule has 0 saturated carbocycles. The minimum Gasteiger partial charge on any atom is -0.493 e. The smallest absolute Gasteiger partial charge is 0.184 e. The van der Waals surface area contributed by atoms with Gasteiger partial charge < -0.3 is 15.2 Å². The first-order valence-electron chi connectivity index (χ1n) is 4.58. The zero-order valence-corrected chi connectivity index (χ0v) is 10.2. The Hall–Kier alpha value is -1.89. The van der Waals surface area contributed by atoms with Gasteiger partial charge in [0.15, 0.2) is 16.6 Å². The highest BCUT2D eigenvalue weighted by molar-refractivity contribution is 7.80. The zero-order valence-electron chi connectivity index (χ0n) is 9.36. The van der Waals surface area contributed by atoms with Gasteiger partial charge in [0.2, 0.25) is 0 Å². The quantitative estimate of drug-likeness (QED) is 0.478. The van der Waals surface area contributed by atoms with Crippen LogP contribution in [0.5, 0.6) is 11.5 Å². The lowest BCUT2D eigenvalue weighted by Crippen LogP contribution is -2.24. The van der Waals surface area contributed by atoms with Gasteiger partial charge in [0.05, 0.1) is 20.4 Å². The van der Waals surface area contributed by atoms with Crippen molar-refractivity contribution < 1.29 is 13.9 Å². The normalized spacial score (nSPS) is 10.3. The molecule has 0 aliphatic heterocycles.